The molecule has 0 saturated carbocycles. The van der Waals surface area contributed by atoms with Gasteiger partial charge in [0.05, 0.1) is 17.4 Å². The molecule has 0 bridgehead atoms. The number of rotatable bonds is 4. The van der Waals surface area contributed by atoms with E-state index in [2.05, 4.69) is 0 Å². The first-order valence-corrected chi connectivity index (χ1v) is 8.41. The number of hydrogen-bond donors (Lipinski definition) is 1. The third-order valence-electron chi connectivity index (χ3n) is 4.62. The molecule has 1 atom stereocenters. The number of aliphatic hydroxyl groups is 1. The average molecular weight is 368 g/mol. The molecule has 7 heteroatoms. The van der Waals surface area contributed by atoms with Crippen molar-refractivity contribution in [3.63, 3.8) is 0 Å². The molecule has 0 aromatic heterocycles. The second-order valence-corrected chi connectivity index (χ2v) is 6.37. The highest BCUT2D eigenvalue weighted by Crippen LogP contribution is 2.30. The number of aliphatic hydroxyl groups excluding tert-OH is 1. The molecular weight excluding hydrogens is 348 g/mol. The third kappa shape index (κ3) is 4.34. The van der Waals surface area contributed by atoms with Crippen LogP contribution in [0.15, 0.2) is 48.5 Å². The van der Waals surface area contributed by atoms with Gasteiger partial charge in [-0.2, -0.15) is 13.2 Å². The smallest absolute Gasteiger partial charge is 0.387 e. The van der Waals surface area contributed by atoms with Crippen molar-refractivity contribution in [2.45, 2.75) is 12.3 Å². The number of anilines is 1. The van der Waals surface area contributed by atoms with Gasteiger partial charge in [0.25, 0.3) is 0 Å². The molecule has 0 radical (unpaired) electrons. The maximum atomic E-state index is 13.8. The molecule has 1 N–H and O–H groups in total. The molecule has 1 saturated heterocycles. The minimum Gasteiger partial charge on any atom is -0.387 e. The number of para-hydroxylation sites is 1. The summed E-state index contributed by atoms with van der Waals surface area (Å²) in [6.45, 7) is 2.87. The first-order chi connectivity index (χ1) is 12.3. The predicted molar refractivity (Wildman–Crippen MR) is 91.5 cm³/mol. The Kier molecular flexibility index (Phi) is 5.48. The zero-order valence-corrected chi connectivity index (χ0v) is 14.1. The number of β-amino-alcohol motifs (C(OH)–C–C–N with tert-alkyl or cyclic N) is 1. The van der Waals surface area contributed by atoms with Crippen molar-refractivity contribution in [1.29, 1.82) is 0 Å². The Morgan fingerprint density at radius 1 is 0.923 bits per heavy atom. The normalized spacial score (nSPS) is 17.3. The first-order valence-electron chi connectivity index (χ1n) is 8.41. The van der Waals surface area contributed by atoms with Crippen LogP contribution in [0, 0.1) is 5.82 Å². The molecular formula is C19H20F4N2O. The summed E-state index contributed by atoms with van der Waals surface area (Å²) < 4.78 is 51.6. The molecule has 3 rings (SSSR count). The Hall–Kier alpha value is -2.12. The van der Waals surface area contributed by atoms with Gasteiger partial charge in [0, 0.05) is 32.7 Å². The number of hydrogen-bond acceptors (Lipinski definition) is 3. The van der Waals surface area contributed by atoms with Crippen molar-refractivity contribution in [3.05, 3.63) is 65.5 Å². The second-order valence-electron chi connectivity index (χ2n) is 6.37. The Morgan fingerprint density at radius 3 is 2.12 bits per heavy atom. The van der Waals surface area contributed by atoms with Crippen molar-refractivity contribution in [1.82, 2.24) is 4.90 Å². The van der Waals surface area contributed by atoms with E-state index in [1.54, 1.807) is 18.2 Å². The molecule has 2 aromatic rings. The van der Waals surface area contributed by atoms with E-state index in [0.717, 1.165) is 12.1 Å². The monoisotopic (exact) mass is 368 g/mol. The molecule has 3 nitrogen and oxygen atoms in total. The molecule has 1 aliphatic rings. The van der Waals surface area contributed by atoms with Crippen LogP contribution in [0.5, 0.6) is 0 Å². The molecule has 0 aliphatic carbocycles. The fourth-order valence-electron chi connectivity index (χ4n) is 3.12. The Morgan fingerprint density at radius 2 is 1.54 bits per heavy atom. The largest absolute Gasteiger partial charge is 0.416 e. The van der Waals surface area contributed by atoms with Crippen LogP contribution in [-0.4, -0.2) is 42.7 Å². The highest BCUT2D eigenvalue weighted by molar-refractivity contribution is 5.48. The zero-order valence-electron chi connectivity index (χ0n) is 14.1. The van der Waals surface area contributed by atoms with E-state index in [1.165, 1.54) is 18.2 Å². The summed E-state index contributed by atoms with van der Waals surface area (Å²) in [6, 6.07) is 11.2. The van der Waals surface area contributed by atoms with Gasteiger partial charge in [0.15, 0.2) is 0 Å². The van der Waals surface area contributed by atoms with E-state index in [0.29, 0.717) is 44.0 Å². The topological polar surface area (TPSA) is 26.7 Å². The van der Waals surface area contributed by atoms with E-state index in [-0.39, 0.29) is 5.82 Å². The highest BCUT2D eigenvalue weighted by atomic mass is 19.4. The van der Waals surface area contributed by atoms with Crippen molar-refractivity contribution < 1.29 is 22.7 Å². The number of benzene rings is 2. The molecule has 1 unspecified atom stereocenters. The SMILES string of the molecule is OC(CN1CCN(c2ccccc2F)CC1)c1ccc(C(F)(F)F)cc1. The van der Waals surface area contributed by atoms with Gasteiger partial charge in [-0.05, 0) is 29.8 Å². The van der Waals surface area contributed by atoms with Crippen molar-refractivity contribution >= 4 is 5.69 Å². The molecule has 26 heavy (non-hydrogen) atoms. The Labute approximate surface area is 149 Å². The lowest BCUT2D eigenvalue weighted by Crippen LogP contribution is -2.47. The number of alkyl halides is 3. The third-order valence-corrected chi connectivity index (χ3v) is 4.62. The van der Waals surface area contributed by atoms with Gasteiger partial charge < -0.3 is 10.0 Å². The zero-order chi connectivity index (χ0) is 18.7. The molecule has 1 heterocycles. The fourth-order valence-corrected chi connectivity index (χ4v) is 3.12. The van der Waals surface area contributed by atoms with Gasteiger partial charge in [-0.25, -0.2) is 4.39 Å². The molecule has 0 spiro atoms. The van der Waals surface area contributed by atoms with E-state index in [9.17, 15) is 22.7 Å². The lowest BCUT2D eigenvalue weighted by molar-refractivity contribution is -0.137. The van der Waals surface area contributed by atoms with Gasteiger partial charge in [-0.3, -0.25) is 4.90 Å². The van der Waals surface area contributed by atoms with Crippen LogP contribution in [0.25, 0.3) is 0 Å². The van der Waals surface area contributed by atoms with Crippen LogP contribution in [-0.2, 0) is 6.18 Å². The summed E-state index contributed by atoms with van der Waals surface area (Å²) in [5.41, 5.74) is 0.289. The van der Waals surface area contributed by atoms with Gasteiger partial charge in [-0.1, -0.05) is 24.3 Å². The van der Waals surface area contributed by atoms with Crippen molar-refractivity contribution in [2.75, 3.05) is 37.6 Å². The number of nitrogens with zero attached hydrogens (tertiary/aromatic N) is 2. The van der Waals surface area contributed by atoms with Crippen molar-refractivity contribution in [3.8, 4) is 0 Å². The Bertz CT molecular complexity index is 725. The minimum absolute atomic E-state index is 0.259. The van der Waals surface area contributed by atoms with E-state index in [1.807, 2.05) is 9.80 Å². The molecule has 140 valence electrons. The summed E-state index contributed by atoms with van der Waals surface area (Å²) in [5, 5.41) is 10.3. The molecule has 0 amide bonds. The van der Waals surface area contributed by atoms with Crippen LogP contribution in [0.1, 0.15) is 17.2 Å². The van der Waals surface area contributed by atoms with Crippen LogP contribution < -0.4 is 4.90 Å². The van der Waals surface area contributed by atoms with Crippen molar-refractivity contribution in [2.24, 2.45) is 0 Å². The summed E-state index contributed by atoms with van der Waals surface area (Å²) >= 11 is 0. The maximum Gasteiger partial charge on any atom is 0.416 e. The van der Waals surface area contributed by atoms with Crippen LogP contribution in [0.4, 0.5) is 23.2 Å². The van der Waals surface area contributed by atoms with E-state index >= 15 is 0 Å². The summed E-state index contributed by atoms with van der Waals surface area (Å²) in [6.07, 6.45) is -5.25. The molecule has 1 aliphatic heterocycles. The van der Waals surface area contributed by atoms with Crippen LogP contribution >= 0.6 is 0 Å². The van der Waals surface area contributed by atoms with E-state index < -0.39 is 17.8 Å². The minimum atomic E-state index is -4.38. The van der Waals surface area contributed by atoms with Gasteiger partial charge in [0.1, 0.15) is 5.82 Å². The maximum absolute atomic E-state index is 13.8. The second kappa shape index (κ2) is 7.63. The van der Waals surface area contributed by atoms with Crippen LogP contribution in [0.2, 0.25) is 0 Å². The quantitative estimate of drug-likeness (QED) is 0.834. The summed E-state index contributed by atoms with van der Waals surface area (Å²) in [5.74, 6) is -0.259. The molecule has 2 aromatic carbocycles. The summed E-state index contributed by atoms with van der Waals surface area (Å²) in [4.78, 5) is 3.98. The summed E-state index contributed by atoms with van der Waals surface area (Å²) in [7, 11) is 0. The first kappa shape index (κ1) is 18.7. The van der Waals surface area contributed by atoms with Crippen LogP contribution in [0.3, 0.4) is 0 Å². The number of halogens is 4. The molecule has 1 fully saturated rings. The van der Waals surface area contributed by atoms with Gasteiger partial charge >= 0.3 is 6.18 Å². The lowest BCUT2D eigenvalue weighted by Gasteiger charge is -2.37. The van der Waals surface area contributed by atoms with Gasteiger partial charge in [0.2, 0.25) is 0 Å². The van der Waals surface area contributed by atoms with Gasteiger partial charge in [-0.15, -0.1) is 0 Å². The highest BCUT2D eigenvalue weighted by Gasteiger charge is 2.30. The van der Waals surface area contributed by atoms with E-state index in [4.69, 9.17) is 0 Å². The fraction of sp³-hybridized carbons (Fsp3) is 0.368. The average Bonchev–Trinajstić information content (AvgIpc) is 2.62. The lowest BCUT2D eigenvalue weighted by atomic mass is 10.1. The predicted octanol–water partition coefficient (Wildman–Crippen LogP) is 3.70. The standard InChI is InChI=1S/C19H20F4N2O/c20-16-3-1-2-4-17(16)25-11-9-24(10-12-25)13-18(26)14-5-7-15(8-6-14)19(21,22)23/h1-8,18,26H,9-13H2. The number of piperazine rings is 1. The Balaban J connectivity index is 1.55.